The Kier molecular flexibility index (Phi) is 4.28. The van der Waals surface area contributed by atoms with E-state index < -0.39 is 5.97 Å². The first kappa shape index (κ1) is 15.8. The van der Waals surface area contributed by atoms with Crippen LogP contribution in [0, 0.1) is 5.82 Å². The maximum absolute atomic E-state index is 13.1. The third-order valence-electron chi connectivity index (χ3n) is 3.48. The van der Waals surface area contributed by atoms with Gasteiger partial charge in [-0.25, -0.2) is 9.18 Å². The van der Waals surface area contributed by atoms with Crippen LogP contribution >= 0.6 is 23.4 Å². The number of halogens is 2. The number of carbonyl (C=O) groups excluding carboxylic acids is 1. The number of nitrogens with zero attached hydrogens (tertiary/aromatic N) is 1. The molecule has 0 spiro atoms. The van der Waals surface area contributed by atoms with Crippen LogP contribution in [0.2, 0.25) is 5.02 Å². The lowest BCUT2D eigenvalue weighted by atomic mass is 10.1. The number of hydrogen-bond acceptors (Lipinski definition) is 3. The van der Waals surface area contributed by atoms with Gasteiger partial charge < -0.3 is 5.11 Å². The third kappa shape index (κ3) is 3.04. The van der Waals surface area contributed by atoms with Gasteiger partial charge in [0.25, 0.3) is 0 Å². The van der Waals surface area contributed by atoms with E-state index in [1.54, 1.807) is 23.1 Å². The molecule has 1 fully saturated rings. The fourth-order valence-electron chi connectivity index (χ4n) is 2.40. The highest BCUT2D eigenvalue weighted by Crippen LogP contribution is 2.42. The van der Waals surface area contributed by atoms with Crippen LogP contribution in [0.3, 0.4) is 0 Å². The number of carbonyl (C=O) groups is 2. The number of thioether (sulfide) groups is 1. The van der Waals surface area contributed by atoms with E-state index in [0.29, 0.717) is 11.4 Å². The van der Waals surface area contributed by atoms with Gasteiger partial charge in [-0.05, 0) is 35.9 Å². The van der Waals surface area contributed by atoms with Crippen LogP contribution in [0.25, 0.3) is 0 Å². The predicted octanol–water partition coefficient (Wildman–Crippen LogP) is 3.96. The first-order chi connectivity index (χ1) is 11.0. The van der Waals surface area contributed by atoms with Gasteiger partial charge in [0.1, 0.15) is 11.2 Å². The third-order valence-corrected chi connectivity index (χ3v) is 5.01. The van der Waals surface area contributed by atoms with E-state index in [4.69, 9.17) is 16.7 Å². The maximum atomic E-state index is 13.1. The lowest BCUT2D eigenvalue weighted by Gasteiger charge is -2.24. The number of anilines is 1. The lowest BCUT2D eigenvalue weighted by Crippen LogP contribution is -2.27. The Hall–Kier alpha value is -2.05. The van der Waals surface area contributed by atoms with Crippen molar-refractivity contribution in [3.63, 3.8) is 0 Å². The summed E-state index contributed by atoms with van der Waals surface area (Å²) in [5.74, 6) is -1.29. The van der Waals surface area contributed by atoms with Crippen molar-refractivity contribution < 1.29 is 19.1 Å². The van der Waals surface area contributed by atoms with E-state index in [2.05, 4.69) is 0 Å². The van der Waals surface area contributed by atoms with Gasteiger partial charge in [0.15, 0.2) is 0 Å². The summed E-state index contributed by atoms with van der Waals surface area (Å²) in [4.78, 5) is 24.8. The minimum absolute atomic E-state index is 0.0203. The van der Waals surface area contributed by atoms with Crippen LogP contribution in [0.4, 0.5) is 10.1 Å². The molecule has 1 aliphatic heterocycles. The summed E-state index contributed by atoms with van der Waals surface area (Å²) in [6.45, 7) is 0. The number of amides is 1. The van der Waals surface area contributed by atoms with Crippen molar-refractivity contribution in [2.45, 2.75) is 5.37 Å². The highest BCUT2D eigenvalue weighted by atomic mass is 35.5. The largest absolute Gasteiger partial charge is 0.478 e. The Balaban J connectivity index is 1.98. The van der Waals surface area contributed by atoms with Crippen molar-refractivity contribution in [1.29, 1.82) is 0 Å². The molecule has 4 nitrogen and oxygen atoms in total. The van der Waals surface area contributed by atoms with E-state index >= 15 is 0 Å². The average molecular weight is 352 g/mol. The van der Waals surface area contributed by atoms with Crippen LogP contribution < -0.4 is 4.90 Å². The molecule has 0 aromatic heterocycles. The first-order valence-electron chi connectivity index (χ1n) is 6.69. The van der Waals surface area contributed by atoms with Gasteiger partial charge in [-0.15, -0.1) is 11.8 Å². The van der Waals surface area contributed by atoms with Crippen molar-refractivity contribution >= 4 is 40.9 Å². The van der Waals surface area contributed by atoms with E-state index in [9.17, 15) is 14.0 Å². The summed E-state index contributed by atoms with van der Waals surface area (Å²) in [6.07, 6.45) is 0. The summed E-state index contributed by atoms with van der Waals surface area (Å²) in [5.41, 5.74) is 1.29. The van der Waals surface area contributed by atoms with Gasteiger partial charge in [-0.3, -0.25) is 9.69 Å². The lowest BCUT2D eigenvalue weighted by molar-refractivity contribution is -0.115. The van der Waals surface area contributed by atoms with Crippen molar-refractivity contribution in [2.75, 3.05) is 10.7 Å². The SMILES string of the molecule is O=C(O)c1ccc(N2C(=O)CSC2c2ccc(F)cc2)cc1Cl. The van der Waals surface area contributed by atoms with Gasteiger partial charge >= 0.3 is 5.97 Å². The molecule has 0 bridgehead atoms. The Labute approximate surface area is 140 Å². The zero-order chi connectivity index (χ0) is 16.6. The average Bonchev–Trinajstić information content (AvgIpc) is 2.89. The first-order valence-corrected chi connectivity index (χ1v) is 8.12. The Morgan fingerprint density at radius 1 is 1.26 bits per heavy atom. The molecular weight excluding hydrogens is 341 g/mol. The topological polar surface area (TPSA) is 57.6 Å². The van der Waals surface area contributed by atoms with E-state index in [1.165, 1.54) is 36.0 Å². The van der Waals surface area contributed by atoms with Crippen LogP contribution in [0.1, 0.15) is 21.3 Å². The van der Waals surface area contributed by atoms with Gasteiger partial charge in [-0.1, -0.05) is 23.7 Å². The number of benzene rings is 2. The smallest absolute Gasteiger partial charge is 0.337 e. The molecular formula is C16H11ClFNO3S. The number of carboxylic acids is 1. The molecule has 0 saturated carbocycles. The van der Waals surface area contributed by atoms with Crippen LogP contribution in [-0.4, -0.2) is 22.7 Å². The zero-order valence-corrected chi connectivity index (χ0v) is 13.3. The molecule has 7 heteroatoms. The van der Waals surface area contributed by atoms with Crippen molar-refractivity contribution in [3.8, 4) is 0 Å². The van der Waals surface area contributed by atoms with Crippen LogP contribution in [0.15, 0.2) is 42.5 Å². The molecule has 1 amide bonds. The molecule has 118 valence electrons. The van der Waals surface area contributed by atoms with E-state index in [1.807, 2.05) is 0 Å². The normalized spacial score (nSPS) is 17.6. The zero-order valence-electron chi connectivity index (χ0n) is 11.7. The van der Waals surface area contributed by atoms with E-state index in [-0.39, 0.29) is 27.7 Å². The molecule has 0 aliphatic carbocycles. The Morgan fingerprint density at radius 2 is 1.96 bits per heavy atom. The minimum atomic E-state index is -1.13. The second-order valence-corrected chi connectivity index (χ2v) is 6.42. The quantitative estimate of drug-likeness (QED) is 0.909. The van der Waals surface area contributed by atoms with Gasteiger partial charge in [-0.2, -0.15) is 0 Å². The molecule has 3 rings (SSSR count). The fourth-order valence-corrected chi connectivity index (χ4v) is 3.84. The number of carboxylic acid groups (broad SMARTS) is 1. The fraction of sp³-hybridized carbons (Fsp3) is 0.125. The summed E-state index contributed by atoms with van der Waals surface area (Å²) in [7, 11) is 0. The molecule has 1 unspecified atom stereocenters. The van der Waals surface area contributed by atoms with Crippen molar-refractivity contribution in [1.82, 2.24) is 0 Å². The van der Waals surface area contributed by atoms with Crippen molar-refractivity contribution in [2.24, 2.45) is 0 Å². The summed E-state index contributed by atoms with van der Waals surface area (Å²) >= 11 is 7.41. The number of aromatic carboxylic acids is 1. The molecule has 1 aliphatic rings. The second-order valence-electron chi connectivity index (χ2n) is 4.95. The molecule has 1 heterocycles. The standard InChI is InChI=1S/C16H11ClFNO3S/c17-13-7-11(5-6-12(13)16(21)22)19-14(20)8-23-15(19)9-1-3-10(18)4-2-9/h1-7,15H,8H2,(H,21,22). The molecule has 0 radical (unpaired) electrons. The summed E-state index contributed by atoms with van der Waals surface area (Å²) < 4.78 is 13.1. The van der Waals surface area contributed by atoms with Gasteiger partial charge in [0.2, 0.25) is 5.91 Å². The molecule has 1 saturated heterocycles. The monoisotopic (exact) mass is 351 g/mol. The van der Waals surface area contributed by atoms with Crippen LogP contribution in [-0.2, 0) is 4.79 Å². The van der Waals surface area contributed by atoms with Gasteiger partial charge in [0.05, 0.1) is 16.3 Å². The molecule has 1 N–H and O–H groups in total. The predicted molar refractivity (Wildman–Crippen MR) is 87.5 cm³/mol. The molecule has 2 aromatic carbocycles. The summed E-state index contributed by atoms with van der Waals surface area (Å²) in [5, 5.41) is 8.80. The molecule has 23 heavy (non-hydrogen) atoms. The molecule has 2 aromatic rings. The Bertz CT molecular complexity index is 781. The second kappa shape index (κ2) is 6.22. The number of hydrogen-bond donors (Lipinski definition) is 1. The van der Waals surface area contributed by atoms with E-state index in [0.717, 1.165) is 5.56 Å². The highest BCUT2D eigenvalue weighted by molar-refractivity contribution is 8.00. The maximum Gasteiger partial charge on any atom is 0.337 e. The summed E-state index contributed by atoms with van der Waals surface area (Å²) in [6, 6.07) is 10.3. The number of rotatable bonds is 3. The highest BCUT2D eigenvalue weighted by Gasteiger charge is 2.34. The Morgan fingerprint density at radius 3 is 2.57 bits per heavy atom. The van der Waals surface area contributed by atoms with Crippen LogP contribution in [0.5, 0.6) is 0 Å². The minimum Gasteiger partial charge on any atom is -0.478 e. The molecule has 1 atom stereocenters. The van der Waals surface area contributed by atoms with Crippen molar-refractivity contribution in [3.05, 3.63) is 64.4 Å². The van der Waals surface area contributed by atoms with Gasteiger partial charge in [0, 0.05) is 5.69 Å².